The minimum atomic E-state index is -0.434. The molecule has 1 aromatic carbocycles. The van der Waals surface area contributed by atoms with E-state index in [4.69, 9.17) is 9.47 Å². The van der Waals surface area contributed by atoms with Crippen LogP contribution < -0.4 is 25.7 Å². The molecule has 1 aliphatic rings. The molecule has 1 aliphatic heterocycles. The third-order valence-corrected chi connectivity index (χ3v) is 6.37. The SMILES string of the molecule is COc1cccc2c1OCC(c1ccc3nc(CNC(=O)c4cc(=O)n5ccccc5n4)cn3c1)NC2. The van der Waals surface area contributed by atoms with E-state index in [0.29, 0.717) is 24.5 Å². The number of benzene rings is 1. The normalized spacial score (nSPS) is 15.1. The second-order valence-electron chi connectivity index (χ2n) is 8.74. The third kappa shape index (κ3) is 4.38. The lowest BCUT2D eigenvalue weighted by atomic mass is 10.1. The van der Waals surface area contributed by atoms with Crippen molar-refractivity contribution in [3.05, 3.63) is 106 Å². The highest BCUT2D eigenvalue weighted by Gasteiger charge is 2.21. The molecule has 1 unspecified atom stereocenters. The summed E-state index contributed by atoms with van der Waals surface area (Å²) >= 11 is 0. The molecular weight excluding hydrogens is 472 g/mol. The van der Waals surface area contributed by atoms with Gasteiger partial charge < -0.3 is 24.5 Å². The summed E-state index contributed by atoms with van der Waals surface area (Å²) in [6.07, 6.45) is 5.49. The molecule has 0 radical (unpaired) electrons. The first-order valence-electron chi connectivity index (χ1n) is 11.9. The van der Waals surface area contributed by atoms with Crippen molar-refractivity contribution in [2.45, 2.75) is 19.1 Å². The number of fused-ring (bicyclic) bond motifs is 3. The van der Waals surface area contributed by atoms with Crippen LogP contribution in [0, 0.1) is 0 Å². The predicted molar refractivity (Wildman–Crippen MR) is 136 cm³/mol. The van der Waals surface area contributed by atoms with Crippen LogP contribution in [0.1, 0.15) is 33.4 Å². The maximum atomic E-state index is 12.7. The Balaban J connectivity index is 1.16. The maximum absolute atomic E-state index is 12.7. The van der Waals surface area contributed by atoms with E-state index >= 15 is 0 Å². The van der Waals surface area contributed by atoms with Gasteiger partial charge in [-0.1, -0.05) is 24.3 Å². The van der Waals surface area contributed by atoms with Gasteiger partial charge in [0.2, 0.25) is 0 Å². The van der Waals surface area contributed by atoms with E-state index < -0.39 is 5.91 Å². The van der Waals surface area contributed by atoms with Crippen molar-refractivity contribution in [2.24, 2.45) is 0 Å². The van der Waals surface area contributed by atoms with Crippen LogP contribution in [0.4, 0.5) is 0 Å². The van der Waals surface area contributed by atoms with E-state index in [-0.39, 0.29) is 23.8 Å². The second kappa shape index (κ2) is 9.40. The zero-order valence-corrected chi connectivity index (χ0v) is 20.0. The van der Waals surface area contributed by atoms with E-state index in [9.17, 15) is 9.59 Å². The number of methoxy groups -OCH3 is 1. The van der Waals surface area contributed by atoms with Crippen LogP contribution in [0.3, 0.4) is 0 Å². The zero-order valence-electron chi connectivity index (χ0n) is 20.0. The van der Waals surface area contributed by atoms with Gasteiger partial charge in [-0.25, -0.2) is 9.97 Å². The minimum absolute atomic E-state index is 0.0230. The van der Waals surface area contributed by atoms with Crippen molar-refractivity contribution in [3.8, 4) is 11.5 Å². The molecule has 4 aromatic heterocycles. The lowest BCUT2D eigenvalue weighted by Gasteiger charge is -2.16. The molecule has 0 saturated carbocycles. The average Bonchev–Trinajstić information content (AvgIpc) is 3.21. The average molecular weight is 497 g/mol. The number of amides is 1. The van der Waals surface area contributed by atoms with Gasteiger partial charge in [0.15, 0.2) is 11.5 Å². The first kappa shape index (κ1) is 22.7. The summed E-state index contributed by atoms with van der Waals surface area (Å²) in [7, 11) is 1.64. The Kier molecular flexibility index (Phi) is 5.78. The van der Waals surface area contributed by atoms with Gasteiger partial charge in [0.05, 0.1) is 25.4 Å². The summed E-state index contributed by atoms with van der Waals surface area (Å²) in [5, 5.41) is 6.35. The number of nitrogens with one attached hydrogen (secondary N) is 2. The van der Waals surface area contributed by atoms with E-state index in [0.717, 1.165) is 28.3 Å². The second-order valence-corrected chi connectivity index (χ2v) is 8.74. The molecule has 5 heterocycles. The van der Waals surface area contributed by atoms with Crippen LogP contribution in [0.25, 0.3) is 11.3 Å². The van der Waals surface area contributed by atoms with Gasteiger partial charge in [-0.05, 0) is 29.8 Å². The molecule has 0 aliphatic carbocycles. The molecular formula is C27H24N6O4. The highest BCUT2D eigenvalue weighted by atomic mass is 16.5. The summed E-state index contributed by atoms with van der Waals surface area (Å²) < 4.78 is 14.9. The number of rotatable bonds is 5. The van der Waals surface area contributed by atoms with Gasteiger partial charge in [-0.2, -0.15) is 0 Å². The number of hydrogen-bond donors (Lipinski definition) is 2. The first-order valence-corrected chi connectivity index (χ1v) is 11.9. The van der Waals surface area contributed by atoms with Crippen molar-refractivity contribution in [1.82, 2.24) is 29.4 Å². The van der Waals surface area contributed by atoms with Gasteiger partial charge in [-0.15, -0.1) is 0 Å². The van der Waals surface area contributed by atoms with Crippen LogP contribution in [0.15, 0.2) is 78.0 Å². The molecule has 10 nitrogen and oxygen atoms in total. The molecule has 1 amide bonds. The van der Waals surface area contributed by atoms with Gasteiger partial charge in [-0.3, -0.25) is 14.0 Å². The smallest absolute Gasteiger partial charge is 0.270 e. The fourth-order valence-corrected chi connectivity index (χ4v) is 4.48. The quantitative estimate of drug-likeness (QED) is 0.385. The molecule has 6 rings (SSSR count). The Morgan fingerprint density at radius 3 is 2.95 bits per heavy atom. The number of imidazole rings is 1. The highest BCUT2D eigenvalue weighted by molar-refractivity contribution is 5.92. The topological polar surface area (TPSA) is 111 Å². The summed E-state index contributed by atoms with van der Waals surface area (Å²) in [5.74, 6) is 1.06. The van der Waals surface area contributed by atoms with Gasteiger partial charge in [0, 0.05) is 36.8 Å². The van der Waals surface area contributed by atoms with Crippen LogP contribution in [-0.2, 0) is 13.1 Å². The lowest BCUT2D eigenvalue weighted by molar-refractivity contribution is 0.0945. The molecule has 5 aromatic rings. The number of carbonyl (C=O) groups is 1. The Bertz CT molecular complexity index is 1690. The number of pyridine rings is 2. The Morgan fingerprint density at radius 2 is 2.05 bits per heavy atom. The summed E-state index contributed by atoms with van der Waals surface area (Å²) in [6, 6.07) is 16.2. The minimum Gasteiger partial charge on any atom is -0.493 e. The number of carbonyl (C=O) groups excluding carboxylic acids is 1. The molecule has 37 heavy (non-hydrogen) atoms. The number of nitrogens with zero attached hydrogens (tertiary/aromatic N) is 4. The molecule has 0 saturated heterocycles. The number of ether oxygens (including phenoxy) is 2. The maximum Gasteiger partial charge on any atom is 0.270 e. The number of para-hydroxylation sites is 1. The Morgan fingerprint density at radius 1 is 1.14 bits per heavy atom. The highest BCUT2D eigenvalue weighted by Crippen LogP contribution is 2.34. The van der Waals surface area contributed by atoms with Crippen molar-refractivity contribution >= 4 is 17.2 Å². The monoisotopic (exact) mass is 496 g/mol. The van der Waals surface area contributed by atoms with Crippen molar-refractivity contribution in [3.63, 3.8) is 0 Å². The Labute approximate surface area is 211 Å². The lowest BCUT2D eigenvalue weighted by Crippen LogP contribution is -2.27. The van der Waals surface area contributed by atoms with E-state index in [1.54, 1.807) is 31.5 Å². The molecule has 2 N–H and O–H groups in total. The molecule has 0 bridgehead atoms. The third-order valence-electron chi connectivity index (χ3n) is 6.37. The van der Waals surface area contributed by atoms with E-state index in [1.807, 2.05) is 47.1 Å². The van der Waals surface area contributed by atoms with Crippen LogP contribution >= 0.6 is 0 Å². The molecule has 1 atom stereocenters. The van der Waals surface area contributed by atoms with Crippen molar-refractivity contribution in [1.29, 1.82) is 0 Å². The Hall–Kier alpha value is -4.70. The summed E-state index contributed by atoms with van der Waals surface area (Å²) in [4.78, 5) is 33.8. The largest absolute Gasteiger partial charge is 0.493 e. The summed E-state index contributed by atoms with van der Waals surface area (Å²) in [5.41, 5.74) is 3.71. The van der Waals surface area contributed by atoms with Crippen molar-refractivity contribution in [2.75, 3.05) is 13.7 Å². The fourth-order valence-electron chi connectivity index (χ4n) is 4.48. The fraction of sp³-hybridized carbons (Fsp3) is 0.185. The van der Waals surface area contributed by atoms with Gasteiger partial charge in [0.1, 0.15) is 23.6 Å². The predicted octanol–water partition coefficient (Wildman–Crippen LogP) is 2.50. The van der Waals surface area contributed by atoms with Crippen LogP contribution in [0.5, 0.6) is 11.5 Å². The standard InChI is InChI=1S/C27H24N6O4/c1-36-22-6-4-5-17-12-28-21(16-37-26(17)22)18-8-9-23-30-19(15-32(23)14-18)13-29-27(35)20-11-25(34)33-10-3-2-7-24(33)31-20/h2-11,14-15,21,28H,12-13,16H2,1H3,(H,29,35). The van der Waals surface area contributed by atoms with Crippen LogP contribution in [-0.4, -0.2) is 38.4 Å². The molecule has 186 valence electrons. The zero-order chi connectivity index (χ0) is 25.4. The molecule has 10 heteroatoms. The number of aromatic nitrogens is 4. The van der Waals surface area contributed by atoms with Gasteiger partial charge >= 0.3 is 0 Å². The molecule has 0 fully saturated rings. The summed E-state index contributed by atoms with van der Waals surface area (Å²) in [6.45, 7) is 1.31. The van der Waals surface area contributed by atoms with Crippen molar-refractivity contribution < 1.29 is 14.3 Å². The first-order chi connectivity index (χ1) is 18.1. The van der Waals surface area contributed by atoms with E-state index in [1.165, 1.54) is 10.5 Å². The molecule has 0 spiro atoms. The van der Waals surface area contributed by atoms with E-state index in [2.05, 4.69) is 20.6 Å². The van der Waals surface area contributed by atoms with Crippen LogP contribution in [0.2, 0.25) is 0 Å². The number of hydrogen-bond acceptors (Lipinski definition) is 7. The van der Waals surface area contributed by atoms with Gasteiger partial charge in [0.25, 0.3) is 11.5 Å².